The molecule has 0 bridgehead atoms. The summed E-state index contributed by atoms with van der Waals surface area (Å²) in [7, 11) is 0. The van der Waals surface area contributed by atoms with Crippen LogP contribution in [0.25, 0.3) is 0 Å². The molecule has 5 heteroatoms. The van der Waals surface area contributed by atoms with Crippen LogP contribution < -0.4 is 5.32 Å². The van der Waals surface area contributed by atoms with E-state index in [2.05, 4.69) is 5.32 Å². The van der Waals surface area contributed by atoms with Crippen LogP contribution >= 0.6 is 0 Å². The van der Waals surface area contributed by atoms with Crippen molar-refractivity contribution >= 4 is 11.9 Å². The van der Waals surface area contributed by atoms with E-state index in [9.17, 15) is 9.59 Å². The highest BCUT2D eigenvalue weighted by Gasteiger charge is 1.98. The Morgan fingerprint density at radius 2 is 2.08 bits per heavy atom. The molecule has 0 fully saturated rings. The molecular formula is C7H11NO4. The predicted molar refractivity (Wildman–Crippen MR) is 41.5 cm³/mol. The number of carboxylic acid groups (broad SMARTS) is 1. The van der Waals surface area contributed by atoms with Gasteiger partial charge in [0.25, 0.3) is 0 Å². The molecule has 0 aromatic heterocycles. The van der Waals surface area contributed by atoms with Crippen molar-refractivity contribution in [3.63, 3.8) is 0 Å². The van der Waals surface area contributed by atoms with Crippen LogP contribution in [0.2, 0.25) is 0 Å². The molecule has 0 aliphatic rings. The summed E-state index contributed by atoms with van der Waals surface area (Å²) in [6.45, 7) is 1.63. The molecule has 1 amide bonds. The van der Waals surface area contributed by atoms with Gasteiger partial charge in [-0.2, -0.15) is 0 Å². The molecule has 3 N–H and O–H groups in total. The van der Waals surface area contributed by atoms with Crippen LogP contribution in [0.4, 0.5) is 0 Å². The van der Waals surface area contributed by atoms with E-state index in [0.717, 1.165) is 12.2 Å². The van der Waals surface area contributed by atoms with Crippen molar-refractivity contribution in [1.29, 1.82) is 0 Å². The van der Waals surface area contributed by atoms with Gasteiger partial charge in [-0.25, -0.2) is 4.79 Å². The van der Waals surface area contributed by atoms with Crippen molar-refractivity contribution in [2.45, 2.75) is 13.0 Å². The SMILES string of the molecule is C[C@@H](O)CNC(=O)/C=C/C(=O)O. The van der Waals surface area contributed by atoms with Crippen molar-refractivity contribution in [3.8, 4) is 0 Å². The number of carbonyl (C=O) groups excluding carboxylic acids is 1. The Balaban J connectivity index is 3.67. The summed E-state index contributed by atoms with van der Waals surface area (Å²) >= 11 is 0. The van der Waals surface area contributed by atoms with Crippen molar-refractivity contribution in [1.82, 2.24) is 5.32 Å². The fourth-order valence-corrected chi connectivity index (χ4v) is 0.454. The fourth-order valence-electron chi connectivity index (χ4n) is 0.454. The average Bonchev–Trinajstić information content (AvgIpc) is 1.96. The van der Waals surface area contributed by atoms with Gasteiger partial charge in [-0.05, 0) is 6.92 Å². The molecule has 0 aliphatic heterocycles. The van der Waals surface area contributed by atoms with E-state index in [1.807, 2.05) is 0 Å². The van der Waals surface area contributed by atoms with Gasteiger partial charge in [-0.1, -0.05) is 0 Å². The molecule has 0 aromatic rings. The summed E-state index contributed by atoms with van der Waals surface area (Å²) in [5.74, 6) is -1.71. The predicted octanol–water partition coefficient (Wildman–Crippen LogP) is -0.876. The molecule has 0 saturated carbocycles. The van der Waals surface area contributed by atoms with Crippen LogP contribution in [0.5, 0.6) is 0 Å². The van der Waals surface area contributed by atoms with Crippen LogP contribution in [0.15, 0.2) is 12.2 Å². The highest BCUT2D eigenvalue weighted by atomic mass is 16.4. The van der Waals surface area contributed by atoms with Gasteiger partial charge in [0.2, 0.25) is 5.91 Å². The molecule has 12 heavy (non-hydrogen) atoms. The third-order valence-corrected chi connectivity index (χ3v) is 0.949. The summed E-state index contributed by atoms with van der Waals surface area (Å²) in [4.78, 5) is 20.6. The van der Waals surface area contributed by atoms with Crippen molar-refractivity contribution < 1.29 is 19.8 Å². The number of hydrogen-bond acceptors (Lipinski definition) is 3. The Hall–Kier alpha value is -1.36. The molecule has 1 atom stereocenters. The van der Waals surface area contributed by atoms with Crippen LogP contribution in [0, 0.1) is 0 Å². The van der Waals surface area contributed by atoms with Crippen molar-refractivity contribution in [2.24, 2.45) is 0 Å². The Morgan fingerprint density at radius 3 is 2.50 bits per heavy atom. The molecule has 0 aliphatic carbocycles. The zero-order valence-corrected chi connectivity index (χ0v) is 6.65. The summed E-state index contributed by atoms with van der Waals surface area (Å²) in [5, 5.41) is 19.1. The average molecular weight is 173 g/mol. The lowest BCUT2D eigenvalue weighted by atomic mass is 10.4. The summed E-state index contributed by atoms with van der Waals surface area (Å²) < 4.78 is 0. The second kappa shape index (κ2) is 5.31. The van der Waals surface area contributed by atoms with Crippen LogP contribution in [0.3, 0.4) is 0 Å². The highest BCUT2D eigenvalue weighted by molar-refractivity contribution is 5.93. The topological polar surface area (TPSA) is 86.6 Å². The van der Waals surface area contributed by atoms with Crippen LogP contribution in [0.1, 0.15) is 6.92 Å². The van der Waals surface area contributed by atoms with Crippen molar-refractivity contribution in [2.75, 3.05) is 6.54 Å². The van der Waals surface area contributed by atoms with Crippen molar-refractivity contribution in [3.05, 3.63) is 12.2 Å². The first-order valence-corrected chi connectivity index (χ1v) is 3.39. The van der Waals surface area contributed by atoms with Gasteiger partial charge >= 0.3 is 5.97 Å². The Morgan fingerprint density at radius 1 is 1.50 bits per heavy atom. The van der Waals surface area contributed by atoms with Gasteiger partial charge in [0.15, 0.2) is 0 Å². The Bertz CT molecular complexity index is 198. The lowest BCUT2D eigenvalue weighted by Crippen LogP contribution is -2.29. The number of nitrogens with one attached hydrogen (secondary N) is 1. The maximum Gasteiger partial charge on any atom is 0.328 e. The van der Waals surface area contributed by atoms with E-state index < -0.39 is 18.0 Å². The molecule has 5 nitrogen and oxygen atoms in total. The first-order chi connectivity index (χ1) is 5.52. The van der Waals surface area contributed by atoms with E-state index in [0.29, 0.717) is 0 Å². The monoisotopic (exact) mass is 173 g/mol. The minimum Gasteiger partial charge on any atom is -0.478 e. The van der Waals surface area contributed by atoms with E-state index in [-0.39, 0.29) is 6.54 Å². The van der Waals surface area contributed by atoms with Gasteiger partial charge in [-0.15, -0.1) is 0 Å². The van der Waals surface area contributed by atoms with Gasteiger partial charge in [0.05, 0.1) is 6.10 Å². The first kappa shape index (κ1) is 10.6. The number of aliphatic carboxylic acids is 1. The molecule has 0 radical (unpaired) electrons. The molecule has 0 heterocycles. The number of hydrogen-bond donors (Lipinski definition) is 3. The first-order valence-electron chi connectivity index (χ1n) is 3.39. The maximum atomic E-state index is 10.7. The fraction of sp³-hybridized carbons (Fsp3) is 0.429. The lowest BCUT2D eigenvalue weighted by Gasteiger charge is -2.02. The van der Waals surface area contributed by atoms with Crippen LogP contribution in [-0.2, 0) is 9.59 Å². The molecule has 0 unspecified atom stereocenters. The number of aliphatic hydroxyl groups is 1. The number of aliphatic hydroxyl groups excluding tert-OH is 1. The summed E-state index contributed by atoms with van der Waals surface area (Å²) in [6, 6.07) is 0. The largest absolute Gasteiger partial charge is 0.478 e. The zero-order valence-electron chi connectivity index (χ0n) is 6.65. The van der Waals surface area contributed by atoms with E-state index >= 15 is 0 Å². The number of carbonyl (C=O) groups is 2. The molecule has 0 rings (SSSR count). The number of rotatable bonds is 4. The third-order valence-electron chi connectivity index (χ3n) is 0.949. The number of carboxylic acids is 1. The second-order valence-corrected chi connectivity index (χ2v) is 2.27. The molecule has 0 saturated heterocycles. The minimum absolute atomic E-state index is 0.114. The molecule has 0 aromatic carbocycles. The molecule has 0 spiro atoms. The van der Waals surface area contributed by atoms with E-state index in [4.69, 9.17) is 10.2 Å². The quantitative estimate of drug-likeness (QED) is 0.482. The zero-order chi connectivity index (χ0) is 9.56. The minimum atomic E-state index is -1.18. The molecular weight excluding hydrogens is 162 g/mol. The second-order valence-electron chi connectivity index (χ2n) is 2.27. The Kier molecular flexibility index (Phi) is 4.71. The third kappa shape index (κ3) is 6.76. The maximum absolute atomic E-state index is 10.7. The standard InChI is InChI=1S/C7H11NO4/c1-5(9)4-8-6(10)2-3-7(11)12/h2-3,5,9H,4H2,1H3,(H,8,10)(H,11,12)/b3-2+/t5-/m1/s1. The highest BCUT2D eigenvalue weighted by Crippen LogP contribution is 1.77. The molecule has 68 valence electrons. The lowest BCUT2D eigenvalue weighted by molar-refractivity contribution is -0.131. The van der Waals surface area contributed by atoms with Gasteiger partial charge in [-0.3, -0.25) is 4.79 Å². The summed E-state index contributed by atoms with van der Waals surface area (Å²) in [6.07, 6.45) is 0.995. The van der Waals surface area contributed by atoms with Gasteiger partial charge < -0.3 is 15.5 Å². The van der Waals surface area contributed by atoms with Gasteiger partial charge in [0.1, 0.15) is 0 Å². The van der Waals surface area contributed by atoms with E-state index in [1.165, 1.54) is 6.92 Å². The normalized spacial score (nSPS) is 12.8. The van der Waals surface area contributed by atoms with Crippen LogP contribution in [-0.4, -0.2) is 34.7 Å². The van der Waals surface area contributed by atoms with E-state index in [1.54, 1.807) is 0 Å². The number of amides is 1. The van der Waals surface area contributed by atoms with Gasteiger partial charge in [0, 0.05) is 18.7 Å². The summed E-state index contributed by atoms with van der Waals surface area (Å²) in [5.41, 5.74) is 0. The Labute approximate surface area is 69.7 Å². The smallest absolute Gasteiger partial charge is 0.328 e.